The molecule has 1 amide bonds. The standard InChI is InChI=1S/C11H19NOS/c13-11(9-10-3-1-2-4-10)12-5-7-14-8-6-12/h10H,1-9H2. The zero-order chi connectivity index (χ0) is 9.80. The van der Waals surface area contributed by atoms with Gasteiger partial charge in [0.05, 0.1) is 0 Å². The van der Waals surface area contributed by atoms with E-state index in [0.717, 1.165) is 31.0 Å². The molecule has 0 spiro atoms. The van der Waals surface area contributed by atoms with Gasteiger partial charge in [-0.1, -0.05) is 12.8 Å². The van der Waals surface area contributed by atoms with Gasteiger partial charge in [0.15, 0.2) is 0 Å². The molecule has 0 aromatic carbocycles. The first-order chi connectivity index (χ1) is 6.86. The largest absolute Gasteiger partial charge is 0.341 e. The zero-order valence-electron chi connectivity index (χ0n) is 8.71. The summed E-state index contributed by atoms with van der Waals surface area (Å²) in [5, 5.41) is 0. The zero-order valence-corrected chi connectivity index (χ0v) is 9.52. The Morgan fingerprint density at radius 1 is 1.21 bits per heavy atom. The molecule has 1 saturated carbocycles. The first-order valence-electron chi connectivity index (χ1n) is 5.72. The molecular weight excluding hydrogens is 194 g/mol. The monoisotopic (exact) mass is 213 g/mol. The number of thioether (sulfide) groups is 1. The summed E-state index contributed by atoms with van der Waals surface area (Å²) in [6.45, 7) is 1.96. The lowest BCUT2D eigenvalue weighted by Crippen LogP contribution is -2.38. The molecule has 1 aliphatic carbocycles. The topological polar surface area (TPSA) is 20.3 Å². The van der Waals surface area contributed by atoms with Crippen LogP contribution in [-0.2, 0) is 4.79 Å². The predicted molar refractivity (Wildman–Crippen MR) is 60.5 cm³/mol. The van der Waals surface area contributed by atoms with Crippen LogP contribution in [0.1, 0.15) is 32.1 Å². The fraction of sp³-hybridized carbons (Fsp3) is 0.909. The van der Waals surface area contributed by atoms with E-state index in [1.807, 2.05) is 11.8 Å². The second-order valence-corrected chi connectivity index (χ2v) is 5.57. The third-order valence-electron chi connectivity index (χ3n) is 3.30. The van der Waals surface area contributed by atoms with Crippen LogP contribution >= 0.6 is 11.8 Å². The maximum atomic E-state index is 11.9. The SMILES string of the molecule is O=C(CC1CCCC1)N1CCSCC1. The van der Waals surface area contributed by atoms with Crippen molar-refractivity contribution in [2.45, 2.75) is 32.1 Å². The lowest BCUT2D eigenvalue weighted by atomic mass is 10.0. The van der Waals surface area contributed by atoms with E-state index in [2.05, 4.69) is 4.90 Å². The van der Waals surface area contributed by atoms with E-state index >= 15 is 0 Å². The van der Waals surface area contributed by atoms with Crippen LogP contribution in [0, 0.1) is 5.92 Å². The van der Waals surface area contributed by atoms with Gasteiger partial charge in [-0.15, -0.1) is 0 Å². The Hall–Kier alpha value is -0.180. The quantitative estimate of drug-likeness (QED) is 0.700. The summed E-state index contributed by atoms with van der Waals surface area (Å²) < 4.78 is 0. The van der Waals surface area contributed by atoms with E-state index in [-0.39, 0.29) is 0 Å². The highest BCUT2D eigenvalue weighted by atomic mass is 32.2. The minimum atomic E-state index is 0.414. The lowest BCUT2D eigenvalue weighted by Gasteiger charge is -2.27. The molecule has 1 aliphatic heterocycles. The summed E-state index contributed by atoms with van der Waals surface area (Å²) in [6, 6.07) is 0. The van der Waals surface area contributed by atoms with Gasteiger partial charge in [0.25, 0.3) is 0 Å². The predicted octanol–water partition coefficient (Wildman–Crippen LogP) is 2.14. The molecule has 80 valence electrons. The van der Waals surface area contributed by atoms with Crippen LogP contribution in [0.15, 0.2) is 0 Å². The van der Waals surface area contributed by atoms with Gasteiger partial charge in [0.1, 0.15) is 0 Å². The van der Waals surface area contributed by atoms with Crippen LogP contribution in [0.5, 0.6) is 0 Å². The summed E-state index contributed by atoms with van der Waals surface area (Å²) in [5.74, 6) is 3.39. The molecule has 0 aromatic rings. The van der Waals surface area contributed by atoms with Crippen LogP contribution in [0.3, 0.4) is 0 Å². The molecule has 2 rings (SSSR count). The molecule has 1 heterocycles. The third-order valence-corrected chi connectivity index (χ3v) is 4.24. The highest BCUT2D eigenvalue weighted by molar-refractivity contribution is 7.99. The Balaban J connectivity index is 1.75. The molecule has 1 saturated heterocycles. The highest BCUT2D eigenvalue weighted by Crippen LogP contribution is 2.28. The first kappa shape index (κ1) is 10.3. The van der Waals surface area contributed by atoms with Gasteiger partial charge >= 0.3 is 0 Å². The summed E-state index contributed by atoms with van der Waals surface area (Å²) in [5.41, 5.74) is 0. The number of carbonyl (C=O) groups excluding carboxylic acids is 1. The van der Waals surface area contributed by atoms with E-state index in [1.54, 1.807) is 0 Å². The molecule has 0 radical (unpaired) electrons. The van der Waals surface area contributed by atoms with Gasteiger partial charge < -0.3 is 4.90 Å². The van der Waals surface area contributed by atoms with Crippen molar-refractivity contribution in [2.24, 2.45) is 5.92 Å². The van der Waals surface area contributed by atoms with Crippen molar-refractivity contribution >= 4 is 17.7 Å². The maximum absolute atomic E-state index is 11.9. The normalized spacial score (nSPS) is 24.1. The smallest absolute Gasteiger partial charge is 0.222 e. The third kappa shape index (κ3) is 2.66. The van der Waals surface area contributed by atoms with E-state index in [1.165, 1.54) is 25.7 Å². The number of nitrogens with zero attached hydrogens (tertiary/aromatic N) is 1. The molecular formula is C11H19NOS. The molecule has 0 atom stereocenters. The molecule has 0 unspecified atom stereocenters. The second kappa shape index (κ2) is 5.06. The van der Waals surface area contributed by atoms with Crippen molar-refractivity contribution < 1.29 is 4.79 Å². The van der Waals surface area contributed by atoms with E-state index < -0.39 is 0 Å². The first-order valence-corrected chi connectivity index (χ1v) is 6.87. The molecule has 2 fully saturated rings. The number of carbonyl (C=O) groups is 1. The van der Waals surface area contributed by atoms with Crippen LogP contribution in [0.25, 0.3) is 0 Å². The van der Waals surface area contributed by atoms with Gasteiger partial charge in [0.2, 0.25) is 5.91 Å². The Kier molecular flexibility index (Phi) is 3.74. The van der Waals surface area contributed by atoms with Crippen molar-refractivity contribution in [1.29, 1.82) is 0 Å². The molecule has 3 heteroatoms. The Labute approximate surface area is 90.4 Å². The fourth-order valence-electron chi connectivity index (χ4n) is 2.40. The minimum Gasteiger partial charge on any atom is -0.341 e. The molecule has 0 N–H and O–H groups in total. The van der Waals surface area contributed by atoms with Crippen molar-refractivity contribution in [3.05, 3.63) is 0 Å². The summed E-state index contributed by atoms with van der Waals surface area (Å²) in [6.07, 6.45) is 6.08. The average molecular weight is 213 g/mol. The second-order valence-electron chi connectivity index (χ2n) is 4.35. The summed E-state index contributed by atoms with van der Waals surface area (Å²) in [7, 11) is 0. The maximum Gasteiger partial charge on any atom is 0.222 e. The van der Waals surface area contributed by atoms with Crippen molar-refractivity contribution in [2.75, 3.05) is 24.6 Å². The molecule has 0 aromatic heterocycles. The highest BCUT2D eigenvalue weighted by Gasteiger charge is 2.22. The van der Waals surface area contributed by atoms with Crippen LogP contribution in [-0.4, -0.2) is 35.4 Å². The van der Waals surface area contributed by atoms with Gasteiger partial charge in [-0.2, -0.15) is 11.8 Å². The Bertz CT molecular complexity index is 195. The molecule has 14 heavy (non-hydrogen) atoms. The summed E-state index contributed by atoms with van der Waals surface area (Å²) >= 11 is 1.96. The molecule has 2 aliphatic rings. The number of amides is 1. The minimum absolute atomic E-state index is 0.414. The van der Waals surface area contributed by atoms with E-state index in [0.29, 0.717) is 11.8 Å². The molecule has 0 bridgehead atoms. The van der Waals surface area contributed by atoms with Crippen LogP contribution in [0.4, 0.5) is 0 Å². The van der Waals surface area contributed by atoms with Crippen molar-refractivity contribution in [3.8, 4) is 0 Å². The van der Waals surface area contributed by atoms with Crippen molar-refractivity contribution in [3.63, 3.8) is 0 Å². The van der Waals surface area contributed by atoms with E-state index in [9.17, 15) is 4.79 Å². The molecule has 2 nitrogen and oxygen atoms in total. The Morgan fingerprint density at radius 3 is 2.50 bits per heavy atom. The Morgan fingerprint density at radius 2 is 1.86 bits per heavy atom. The fourth-order valence-corrected chi connectivity index (χ4v) is 3.31. The average Bonchev–Trinajstić information content (AvgIpc) is 2.72. The van der Waals surface area contributed by atoms with Gasteiger partial charge in [0, 0.05) is 31.0 Å². The number of hydrogen-bond donors (Lipinski definition) is 0. The van der Waals surface area contributed by atoms with Crippen molar-refractivity contribution in [1.82, 2.24) is 4.90 Å². The van der Waals surface area contributed by atoms with E-state index in [4.69, 9.17) is 0 Å². The summed E-state index contributed by atoms with van der Waals surface area (Å²) in [4.78, 5) is 13.9. The van der Waals surface area contributed by atoms with Crippen LogP contribution in [0.2, 0.25) is 0 Å². The van der Waals surface area contributed by atoms with Gasteiger partial charge in [-0.3, -0.25) is 4.79 Å². The van der Waals surface area contributed by atoms with Gasteiger partial charge in [-0.25, -0.2) is 0 Å². The lowest BCUT2D eigenvalue weighted by molar-refractivity contribution is -0.131. The number of hydrogen-bond acceptors (Lipinski definition) is 2. The van der Waals surface area contributed by atoms with Gasteiger partial charge in [-0.05, 0) is 18.8 Å². The van der Waals surface area contributed by atoms with Crippen LogP contribution < -0.4 is 0 Å². The number of rotatable bonds is 2.